The van der Waals surface area contributed by atoms with Gasteiger partial charge in [-0.25, -0.2) is 0 Å². The Morgan fingerprint density at radius 2 is 2.05 bits per heavy atom. The lowest BCUT2D eigenvalue weighted by Gasteiger charge is -2.19. The molecule has 8 nitrogen and oxygen atoms in total. The Labute approximate surface area is 114 Å². The first-order chi connectivity index (χ1) is 9.61. The van der Waals surface area contributed by atoms with Gasteiger partial charge in [0.1, 0.15) is 25.4 Å². The van der Waals surface area contributed by atoms with Crippen molar-refractivity contribution in [2.75, 3.05) is 31.7 Å². The maximum Gasteiger partial charge on any atom is 0.325 e. The summed E-state index contributed by atoms with van der Waals surface area (Å²) in [4.78, 5) is 21.8. The van der Waals surface area contributed by atoms with Crippen LogP contribution in [-0.2, 0) is 9.53 Å². The zero-order chi connectivity index (χ0) is 14.5. The van der Waals surface area contributed by atoms with Crippen LogP contribution in [0.25, 0.3) is 0 Å². The van der Waals surface area contributed by atoms with Crippen molar-refractivity contribution < 1.29 is 23.9 Å². The van der Waals surface area contributed by atoms with Crippen molar-refractivity contribution >= 4 is 17.3 Å². The first-order valence-electron chi connectivity index (χ1n) is 6.09. The fourth-order valence-corrected chi connectivity index (χ4v) is 1.75. The number of carbonyl (C=O) groups is 1. The van der Waals surface area contributed by atoms with Crippen LogP contribution < -0.4 is 14.8 Å². The van der Waals surface area contributed by atoms with E-state index in [0.29, 0.717) is 24.7 Å². The first kappa shape index (κ1) is 13.9. The molecule has 1 aliphatic heterocycles. The van der Waals surface area contributed by atoms with Gasteiger partial charge in [0.2, 0.25) is 0 Å². The average molecular weight is 282 g/mol. The minimum atomic E-state index is -0.550. The summed E-state index contributed by atoms with van der Waals surface area (Å²) in [5.74, 6) is 0.245. The van der Waals surface area contributed by atoms with Gasteiger partial charge in [0.15, 0.2) is 11.5 Å². The van der Waals surface area contributed by atoms with Gasteiger partial charge in [0.25, 0.3) is 5.69 Å². The second-order valence-electron chi connectivity index (χ2n) is 3.93. The summed E-state index contributed by atoms with van der Waals surface area (Å²) in [7, 11) is 0. The van der Waals surface area contributed by atoms with E-state index in [1.165, 1.54) is 12.1 Å². The van der Waals surface area contributed by atoms with Crippen molar-refractivity contribution in [3.8, 4) is 11.5 Å². The zero-order valence-electron chi connectivity index (χ0n) is 10.9. The van der Waals surface area contributed by atoms with Crippen LogP contribution in [0.3, 0.4) is 0 Å². The molecule has 0 bridgehead atoms. The maximum absolute atomic E-state index is 11.3. The zero-order valence-corrected chi connectivity index (χ0v) is 10.9. The molecule has 20 heavy (non-hydrogen) atoms. The van der Waals surface area contributed by atoms with Crippen LogP contribution in [0, 0.1) is 10.1 Å². The van der Waals surface area contributed by atoms with Gasteiger partial charge in [0.05, 0.1) is 17.6 Å². The van der Waals surface area contributed by atoms with E-state index in [1.54, 1.807) is 6.92 Å². The first-order valence-corrected chi connectivity index (χ1v) is 6.09. The van der Waals surface area contributed by atoms with Gasteiger partial charge in [0, 0.05) is 6.07 Å². The van der Waals surface area contributed by atoms with Crippen LogP contribution in [0.15, 0.2) is 12.1 Å². The Kier molecular flexibility index (Phi) is 4.24. The smallest absolute Gasteiger partial charge is 0.325 e. The molecular weight excluding hydrogens is 268 g/mol. The molecule has 1 aliphatic rings. The lowest BCUT2D eigenvalue weighted by atomic mass is 10.2. The number of fused-ring (bicyclic) bond motifs is 1. The number of hydrogen-bond donors (Lipinski definition) is 1. The third kappa shape index (κ3) is 3.08. The van der Waals surface area contributed by atoms with Crippen molar-refractivity contribution in [1.29, 1.82) is 0 Å². The largest absolute Gasteiger partial charge is 0.486 e. The Balaban J connectivity index is 2.21. The van der Waals surface area contributed by atoms with E-state index in [2.05, 4.69) is 5.32 Å². The standard InChI is InChI=1S/C12H14N2O6/c1-2-18-12(15)7-13-8-5-10-11(20-4-3-19-10)6-9(8)14(16)17/h5-6,13H,2-4,7H2,1H3. The van der Waals surface area contributed by atoms with E-state index in [-0.39, 0.29) is 24.5 Å². The highest BCUT2D eigenvalue weighted by Crippen LogP contribution is 2.39. The van der Waals surface area contributed by atoms with E-state index in [9.17, 15) is 14.9 Å². The predicted molar refractivity (Wildman–Crippen MR) is 69.2 cm³/mol. The van der Waals surface area contributed by atoms with Gasteiger partial charge >= 0.3 is 5.97 Å². The highest BCUT2D eigenvalue weighted by molar-refractivity contribution is 5.78. The molecule has 0 fully saturated rings. The number of ether oxygens (including phenoxy) is 3. The number of carbonyl (C=O) groups excluding carboxylic acids is 1. The molecule has 2 rings (SSSR count). The molecule has 0 aromatic heterocycles. The number of hydrogen-bond acceptors (Lipinski definition) is 7. The van der Waals surface area contributed by atoms with Gasteiger partial charge in [-0.15, -0.1) is 0 Å². The van der Waals surface area contributed by atoms with E-state index in [0.717, 1.165) is 0 Å². The Morgan fingerprint density at radius 3 is 2.65 bits per heavy atom. The second kappa shape index (κ2) is 6.09. The fourth-order valence-electron chi connectivity index (χ4n) is 1.75. The van der Waals surface area contributed by atoms with Crippen LogP contribution in [0.2, 0.25) is 0 Å². The molecule has 0 aliphatic carbocycles. The number of benzene rings is 1. The minimum absolute atomic E-state index is 0.158. The molecule has 0 radical (unpaired) electrons. The number of nitro groups is 1. The molecule has 1 N–H and O–H groups in total. The molecule has 1 heterocycles. The molecular formula is C12H14N2O6. The summed E-state index contributed by atoms with van der Waals surface area (Å²) in [5.41, 5.74) is 0.00542. The number of esters is 1. The summed E-state index contributed by atoms with van der Waals surface area (Å²) in [6.07, 6.45) is 0. The molecule has 0 spiro atoms. The average Bonchev–Trinajstić information content (AvgIpc) is 2.44. The summed E-state index contributed by atoms with van der Waals surface area (Å²) < 4.78 is 15.4. The van der Waals surface area contributed by atoms with Crippen molar-refractivity contribution in [1.82, 2.24) is 0 Å². The summed E-state index contributed by atoms with van der Waals surface area (Å²) >= 11 is 0. The van der Waals surface area contributed by atoms with Crippen molar-refractivity contribution in [3.63, 3.8) is 0 Å². The highest BCUT2D eigenvalue weighted by Gasteiger charge is 2.22. The summed E-state index contributed by atoms with van der Waals surface area (Å²) in [6.45, 7) is 2.50. The molecule has 1 aromatic carbocycles. The Bertz CT molecular complexity index is 531. The number of rotatable bonds is 5. The van der Waals surface area contributed by atoms with E-state index in [1.807, 2.05) is 0 Å². The van der Waals surface area contributed by atoms with Crippen LogP contribution in [0.5, 0.6) is 11.5 Å². The third-order valence-electron chi connectivity index (χ3n) is 2.59. The van der Waals surface area contributed by atoms with Crippen molar-refractivity contribution in [2.24, 2.45) is 0 Å². The van der Waals surface area contributed by atoms with Gasteiger partial charge in [-0.1, -0.05) is 0 Å². The molecule has 0 saturated heterocycles. The lowest BCUT2D eigenvalue weighted by molar-refractivity contribution is -0.384. The second-order valence-corrected chi connectivity index (χ2v) is 3.93. The Morgan fingerprint density at radius 1 is 1.40 bits per heavy atom. The molecule has 8 heteroatoms. The summed E-state index contributed by atoms with van der Waals surface area (Å²) in [6, 6.07) is 2.73. The molecule has 108 valence electrons. The Hall–Kier alpha value is -2.51. The number of nitro benzene ring substituents is 1. The highest BCUT2D eigenvalue weighted by atomic mass is 16.6. The van der Waals surface area contributed by atoms with Gasteiger partial charge in [-0.3, -0.25) is 14.9 Å². The molecule has 0 atom stereocenters. The maximum atomic E-state index is 11.3. The topological polar surface area (TPSA) is 99.9 Å². The lowest BCUT2D eigenvalue weighted by Crippen LogP contribution is -2.19. The fraction of sp³-hybridized carbons (Fsp3) is 0.417. The van der Waals surface area contributed by atoms with Gasteiger partial charge in [-0.2, -0.15) is 0 Å². The minimum Gasteiger partial charge on any atom is -0.486 e. The van der Waals surface area contributed by atoms with E-state index < -0.39 is 10.9 Å². The molecule has 0 unspecified atom stereocenters. The van der Waals surface area contributed by atoms with Gasteiger partial charge < -0.3 is 19.5 Å². The van der Waals surface area contributed by atoms with Crippen LogP contribution in [0.4, 0.5) is 11.4 Å². The van der Waals surface area contributed by atoms with Crippen LogP contribution in [0.1, 0.15) is 6.92 Å². The monoisotopic (exact) mass is 282 g/mol. The van der Waals surface area contributed by atoms with Crippen molar-refractivity contribution in [3.05, 3.63) is 22.2 Å². The van der Waals surface area contributed by atoms with E-state index >= 15 is 0 Å². The number of anilines is 1. The normalized spacial score (nSPS) is 12.7. The predicted octanol–water partition coefficient (Wildman–Crippen LogP) is 1.34. The molecule has 0 amide bonds. The quantitative estimate of drug-likeness (QED) is 0.494. The third-order valence-corrected chi connectivity index (χ3v) is 2.59. The van der Waals surface area contributed by atoms with Crippen LogP contribution in [-0.4, -0.2) is 37.3 Å². The van der Waals surface area contributed by atoms with Crippen molar-refractivity contribution in [2.45, 2.75) is 6.92 Å². The SMILES string of the molecule is CCOC(=O)CNc1cc2c(cc1[N+](=O)[O-])OCCO2. The molecule has 1 aromatic rings. The number of nitrogens with one attached hydrogen (secondary N) is 1. The van der Waals surface area contributed by atoms with Gasteiger partial charge in [-0.05, 0) is 6.92 Å². The number of nitrogens with zero attached hydrogens (tertiary/aromatic N) is 1. The van der Waals surface area contributed by atoms with E-state index in [4.69, 9.17) is 14.2 Å². The van der Waals surface area contributed by atoms with Crippen LogP contribution >= 0.6 is 0 Å². The molecule has 0 saturated carbocycles. The summed E-state index contributed by atoms with van der Waals surface area (Å²) in [5, 5.41) is 13.7.